The van der Waals surface area contributed by atoms with Crippen molar-refractivity contribution < 1.29 is 0 Å². The minimum atomic E-state index is 0. The van der Waals surface area contributed by atoms with Gasteiger partial charge in [0.1, 0.15) is 6.04 Å². The number of rotatable bonds is 1. The van der Waals surface area contributed by atoms with Crippen LogP contribution in [0.3, 0.4) is 0 Å². The highest BCUT2D eigenvalue weighted by Gasteiger charge is 2.14. The summed E-state index contributed by atoms with van der Waals surface area (Å²) in [6, 6.07) is 2.07. The highest BCUT2D eigenvalue weighted by molar-refractivity contribution is 7.12. The van der Waals surface area contributed by atoms with E-state index in [4.69, 9.17) is 11.6 Å². The number of aryl methyl sites for hydroxylation is 1. The van der Waals surface area contributed by atoms with E-state index in [-0.39, 0.29) is 18.4 Å². The summed E-state index contributed by atoms with van der Waals surface area (Å²) < 4.78 is 0. The lowest BCUT2D eigenvalue weighted by Crippen LogP contribution is -2.07. The van der Waals surface area contributed by atoms with Crippen LogP contribution >= 0.6 is 35.3 Å². The van der Waals surface area contributed by atoms with Crippen LogP contribution in [0.2, 0.25) is 5.02 Å². The molecular formula is C9H10Cl2N2S. The van der Waals surface area contributed by atoms with E-state index in [1.54, 1.807) is 17.7 Å². The number of thiophene rings is 1. The second kappa shape index (κ2) is 4.82. The Bertz CT molecular complexity index is 359. The summed E-state index contributed by atoms with van der Waals surface area (Å²) >= 11 is 7.76. The van der Waals surface area contributed by atoms with E-state index in [9.17, 15) is 0 Å². The van der Waals surface area contributed by atoms with Gasteiger partial charge in [-0.05, 0) is 19.1 Å². The monoisotopic (exact) mass is 248 g/mol. The fourth-order valence-corrected chi connectivity index (χ4v) is 2.62. The normalized spacial score (nSPS) is 18.9. The molecule has 1 aromatic heterocycles. The minimum Gasteiger partial charge on any atom is -0.353 e. The third kappa shape index (κ3) is 2.29. The number of halogens is 2. The maximum Gasteiger partial charge on any atom is 0.107 e. The zero-order chi connectivity index (χ0) is 9.26. The Balaban J connectivity index is 0.000000980. The molecule has 2 heterocycles. The number of nitrogens with zero attached hydrogens (tertiary/aromatic N) is 1. The Kier molecular flexibility index (Phi) is 3.98. The van der Waals surface area contributed by atoms with Gasteiger partial charge in [-0.25, -0.2) is 0 Å². The fraction of sp³-hybridized carbons (Fsp3) is 0.222. The average molecular weight is 249 g/mol. The highest BCUT2D eigenvalue weighted by atomic mass is 35.5. The Hall–Kier alpha value is -0.510. The summed E-state index contributed by atoms with van der Waals surface area (Å²) in [5, 5.41) is 3.72. The van der Waals surface area contributed by atoms with Gasteiger partial charge in [0.25, 0.3) is 0 Å². The van der Waals surface area contributed by atoms with E-state index in [0.29, 0.717) is 0 Å². The zero-order valence-corrected chi connectivity index (χ0v) is 9.92. The first-order chi connectivity index (χ1) is 6.27. The van der Waals surface area contributed by atoms with Crippen LogP contribution in [0.15, 0.2) is 23.3 Å². The van der Waals surface area contributed by atoms with Crippen molar-refractivity contribution in [1.29, 1.82) is 0 Å². The molecule has 14 heavy (non-hydrogen) atoms. The molecule has 0 radical (unpaired) electrons. The van der Waals surface area contributed by atoms with Crippen molar-refractivity contribution in [1.82, 2.24) is 5.32 Å². The quantitative estimate of drug-likeness (QED) is 0.811. The largest absolute Gasteiger partial charge is 0.353 e. The van der Waals surface area contributed by atoms with Crippen molar-refractivity contribution in [3.05, 3.63) is 33.1 Å². The molecule has 2 nitrogen and oxygen atoms in total. The second-order valence-corrected chi connectivity index (χ2v) is 4.51. The number of hydrogen-bond acceptors (Lipinski definition) is 3. The highest BCUT2D eigenvalue weighted by Crippen LogP contribution is 2.34. The lowest BCUT2D eigenvalue weighted by Gasteiger charge is -2.09. The van der Waals surface area contributed by atoms with Crippen molar-refractivity contribution in [2.45, 2.75) is 13.0 Å². The second-order valence-electron chi connectivity index (χ2n) is 2.82. The van der Waals surface area contributed by atoms with Gasteiger partial charge in [-0.15, -0.1) is 23.7 Å². The summed E-state index contributed by atoms with van der Waals surface area (Å²) in [6.45, 7) is 2.05. The molecule has 0 aromatic carbocycles. The molecule has 1 atom stereocenters. The summed E-state index contributed by atoms with van der Waals surface area (Å²) in [7, 11) is 0. The molecule has 5 heteroatoms. The molecular weight excluding hydrogens is 239 g/mol. The standard InChI is InChI=1S/C9H9ClN2S.ClH/c1-6-4-7(10)9(13-6)8-2-3-11-5-12-8;/h2-5,8H,1H3,(H,11,12);1H. The predicted octanol–water partition coefficient (Wildman–Crippen LogP) is 3.32. The first-order valence-electron chi connectivity index (χ1n) is 3.97. The van der Waals surface area contributed by atoms with Gasteiger partial charge in [-0.1, -0.05) is 11.6 Å². The van der Waals surface area contributed by atoms with Crippen LogP contribution in [-0.4, -0.2) is 6.34 Å². The SMILES string of the molecule is Cc1cc(Cl)c(C2C=CNC=N2)s1.Cl. The van der Waals surface area contributed by atoms with Gasteiger partial charge in [0.15, 0.2) is 0 Å². The van der Waals surface area contributed by atoms with Crippen LogP contribution in [-0.2, 0) is 0 Å². The lowest BCUT2D eigenvalue weighted by atomic mass is 10.2. The molecule has 1 N–H and O–H groups in total. The first kappa shape index (κ1) is 11.6. The van der Waals surface area contributed by atoms with E-state index < -0.39 is 0 Å². The van der Waals surface area contributed by atoms with Gasteiger partial charge in [0, 0.05) is 11.1 Å². The maximum absolute atomic E-state index is 6.06. The van der Waals surface area contributed by atoms with Crippen molar-refractivity contribution in [3.63, 3.8) is 0 Å². The van der Waals surface area contributed by atoms with E-state index in [1.807, 2.05) is 18.3 Å². The fourth-order valence-electron chi connectivity index (χ4n) is 1.22. The number of nitrogens with one attached hydrogen (secondary N) is 1. The Morgan fingerprint density at radius 2 is 2.36 bits per heavy atom. The molecule has 0 saturated carbocycles. The molecule has 0 bridgehead atoms. The van der Waals surface area contributed by atoms with E-state index in [0.717, 1.165) is 9.90 Å². The zero-order valence-electron chi connectivity index (χ0n) is 7.53. The minimum absolute atomic E-state index is 0. The topological polar surface area (TPSA) is 24.4 Å². The van der Waals surface area contributed by atoms with Gasteiger partial charge in [-0.3, -0.25) is 4.99 Å². The van der Waals surface area contributed by atoms with E-state index in [1.165, 1.54) is 4.88 Å². The molecule has 1 aliphatic heterocycles. The summed E-state index contributed by atoms with van der Waals surface area (Å²) in [6.07, 6.45) is 5.57. The molecule has 76 valence electrons. The van der Waals surface area contributed by atoms with Gasteiger partial charge < -0.3 is 5.32 Å². The van der Waals surface area contributed by atoms with Crippen LogP contribution in [0.1, 0.15) is 15.8 Å². The van der Waals surface area contributed by atoms with Crippen molar-refractivity contribution in [3.8, 4) is 0 Å². The molecule has 1 aliphatic rings. The third-order valence-electron chi connectivity index (χ3n) is 1.79. The Labute approximate surface area is 98.1 Å². The van der Waals surface area contributed by atoms with Gasteiger partial charge in [0.2, 0.25) is 0 Å². The Morgan fingerprint density at radius 1 is 1.57 bits per heavy atom. The predicted molar refractivity (Wildman–Crippen MR) is 64.8 cm³/mol. The van der Waals surface area contributed by atoms with Crippen molar-refractivity contribution >= 4 is 41.7 Å². The maximum atomic E-state index is 6.06. The molecule has 0 fully saturated rings. The van der Waals surface area contributed by atoms with E-state index >= 15 is 0 Å². The van der Waals surface area contributed by atoms with Gasteiger partial charge >= 0.3 is 0 Å². The van der Waals surface area contributed by atoms with Crippen LogP contribution in [0.5, 0.6) is 0 Å². The van der Waals surface area contributed by atoms with Gasteiger partial charge in [-0.2, -0.15) is 0 Å². The first-order valence-corrected chi connectivity index (χ1v) is 5.17. The third-order valence-corrected chi connectivity index (χ3v) is 3.34. The Morgan fingerprint density at radius 3 is 2.86 bits per heavy atom. The molecule has 2 rings (SSSR count). The molecule has 0 amide bonds. The van der Waals surface area contributed by atoms with Crippen LogP contribution < -0.4 is 5.32 Å². The number of aliphatic imine (C=N–C) groups is 1. The number of hydrogen-bond donors (Lipinski definition) is 1. The van der Waals surface area contributed by atoms with Crippen LogP contribution in [0, 0.1) is 6.92 Å². The van der Waals surface area contributed by atoms with Crippen molar-refractivity contribution in [2.24, 2.45) is 4.99 Å². The average Bonchev–Trinajstić information content (AvgIpc) is 2.47. The van der Waals surface area contributed by atoms with Crippen molar-refractivity contribution in [2.75, 3.05) is 0 Å². The van der Waals surface area contributed by atoms with Crippen LogP contribution in [0.25, 0.3) is 0 Å². The van der Waals surface area contributed by atoms with Gasteiger partial charge in [0.05, 0.1) is 16.2 Å². The summed E-state index contributed by atoms with van der Waals surface area (Å²) in [5.41, 5.74) is 0. The lowest BCUT2D eigenvalue weighted by molar-refractivity contribution is 0.905. The van der Waals surface area contributed by atoms with Crippen LogP contribution in [0.4, 0.5) is 0 Å². The molecule has 0 spiro atoms. The summed E-state index contributed by atoms with van der Waals surface area (Å²) in [4.78, 5) is 6.62. The molecule has 0 aliphatic carbocycles. The smallest absolute Gasteiger partial charge is 0.107 e. The van der Waals surface area contributed by atoms with E-state index in [2.05, 4.69) is 17.2 Å². The molecule has 0 saturated heterocycles. The summed E-state index contributed by atoms with van der Waals surface area (Å²) in [5.74, 6) is 0. The molecule has 1 unspecified atom stereocenters. The molecule has 1 aromatic rings.